The van der Waals surface area contributed by atoms with Crippen molar-refractivity contribution in [2.45, 2.75) is 19.4 Å². The van der Waals surface area contributed by atoms with Crippen molar-refractivity contribution >= 4 is 23.0 Å². The van der Waals surface area contributed by atoms with E-state index in [0.717, 1.165) is 11.4 Å². The first-order valence-electron chi connectivity index (χ1n) is 8.88. The van der Waals surface area contributed by atoms with Gasteiger partial charge in [0.15, 0.2) is 0 Å². The molecular weight excluding hydrogens is 362 g/mol. The summed E-state index contributed by atoms with van der Waals surface area (Å²) in [6, 6.07) is 9.91. The molecule has 2 aromatic rings. The van der Waals surface area contributed by atoms with E-state index in [-0.39, 0.29) is 17.6 Å². The number of nitro benzene ring substituents is 1. The molecule has 0 aliphatic carbocycles. The lowest BCUT2D eigenvalue weighted by Crippen LogP contribution is -2.39. The molecule has 1 atom stereocenters. The number of carbonyl (C=O) groups excluding carboxylic acids is 1. The third-order valence-corrected chi connectivity index (χ3v) is 5.08. The SMILES string of the molecule is COc1cc(OC)cc(N2CCC(N(C)c3ccc([N+](=O)[O-])c(C)c3)C2=O)c1. The van der Waals surface area contributed by atoms with Crippen LogP contribution in [0.1, 0.15) is 12.0 Å². The van der Waals surface area contributed by atoms with Gasteiger partial charge in [-0.15, -0.1) is 0 Å². The Morgan fingerprint density at radius 2 is 1.79 bits per heavy atom. The summed E-state index contributed by atoms with van der Waals surface area (Å²) < 4.78 is 10.6. The molecule has 0 radical (unpaired) electrons. The molecule has 1 fully saturated rings. The van der Waals surface area contributed by atoms with E-state index in [2.05, 4.69) is 0 Å². The van der Waals surface area contributed by atoms with Gasteiger partial charge in [0.1, 0.15) is 17.5 Å². The van der Waals surface area contributed by atoms with Gasteiger partial charge < -0.3 is 19.3 Å². The Morgan fingerprint density at radius 1 is 1.14 bits per heavy atom. The van der Waals surface area contributed by atoms with Crippen LogP contribution in [0.15, 0.2) is 36.4 Å². The number of aryl methyl sites for hydroxylation is 1. The van der Waals surface area contributed by atoms with Gasteiger partial charge in [0.2, 0.25) is 5.91 Å². The number of ether oxygens (including phenoxy) is 2. The maximum atomic E-state index is 13.1. The van der Waals surface area contributed by atoms with Crippen LogP contribution in [0.5, 0.6) is 11.5 Å². The topological polar surface area (TPSA) is 85.2 Å². The van der Waals surface area contributed by atoms with Crippen molar-refractivity contribution < 1.29 is 19.2 Å². The van der Waals surface area contributed by atoms with E-state index < -0.39 is 4.92 Å². The second kappa shape index (κ2) is 7.75. The summed E-state index contributed by atoms with van der Waals surface area (Å²) in [6.07, 6.45) is 0.644. The summed E-state index contributed by atoms with van der Waals surface area (Å²) in [4.78, 5) is 27.3. The fourth-order valence-corrected chi connectivity index (χ4v) is 3.47. The summed E-state index contributed by atoms with van der Waals surface area (Å²) in [5, 5.41) is 11.0. The first kappa shape index (κ1) is 19.5. The maximum absolute atomic E-state index is 13.1. The Morgan fingerprint density at radius 3 is 2.32 bits per heavy atom. The third kappa shape index (κ3) is 3.58. The zero-order valence-corrected chi connectivity index (χ0v) is 16.3. The molecule has 1 saturated heterocycles. The predicted molar refractivity (Wildman–Crippen MR) is 107 cm³/mol. The van der Waals surface area contributed by atoms with Crippen LogP contribution < -0.4 is 19.3 Å². The second-order valence-corrected chi connectivity index (χ2v) is 6.70. The van der Waals surface area contributed by atoms with Crippen molar-refractivity contribution in [2.75, 3.05) is 37.6 Å². The molecule has 1 amide bonds. The van der Waals surface area contributed by atoms with Crippen molar-refractivity contribution in [1.29, 1.82) is 0 Å². The molecule has 28 heavy (non-hydrogen) atoms. The van der Waals surface area contributed by atoms with E-state index in [1.807, 2.05) is 11.9 Å². The van der Waals surface area contributed by atoms with Gasteiger partial charge in [-0.05, 0) is 25.5 Å². The third-order valence-electron chi connectivity index (χ3n) is 5.08. The number of nitro groups is 1. The van der Waals surface area contributed by atoms with Gasteiger partial charge in [0.25, 0.3) is 5.69 Å². The first-order valence-corrected chi connectivity index (χ1v) is 8.88. The highest BCUT2D eigenvalue weighted by Gasteiger charge is 2.36. The molecule has 1 aliphatic rings. The van der Waals surface area contributed by atoms with Crippen LogP contribution in [0.4, 0.5) is 17.1 Å². The van der Waals surface area contributed by atoms with Gasteiger partial charge in [0.05, 0.1) is 24.8 Å². The van der Waals surface area contributed by atoms with Crippen LogP contribution in [0.2, 0.25) is 0 Å². The van der Waals surface area contributed by atoms with Gasteiger partial charge in [-0.25, -0.2) is 0 Å². The molecule has 0 aromatic heterocycles. The summed E-state index contributed by atoms with van der Waals surface area (Å²) in [6.45, 7) is 2.26. The number of rotatable bonds is 6. The van der Waals surface area contributed by atoms with Crippen molar-refractivity contribution in [3.8, 4) is 11.5 Å². The van der Waals surface area contributed by atoms with Gasteiger partial charge in [-0.1, -0.05) is 0 Å². The predicted octanol–water partition coefficient (Wildman–Crippen LogP) is 3.16. The minimum atomic E-state index is -0.405. The standard InChI is InChI=1S/C20H23N3O5/c1-13-9-14(5-6-18(13)23(25)26)21(2)19-7-8-22(20(19)24)15-10-16(27-3)12-17(11-15)28-4/h5-6,9-12,19H,7-8H2,1-4H3. The van der Waals surface area contributed by atoms with Gasteiger partial charge >= 0.3 is 0 Å². The minimum absolute atomic E-state index is 0.0335. The first-order chi connectivity index (χ1) is 13.3. The van der Waals surface area contributed by atoms with E-state index >= 15 is 0 Å². The highest BCUT2D eigenvalue weighted by Crippen LogP contribution is 2.33. The Labute approximate surface area is 163 Å². The van der Waals surface area contributed by atoms with E-state index in [0.29, 0.717) is 30.0 Å². The quantitative estimate of drug-likeness (QED) is 0.561. The van der Waals surface area contributed by atoms with Gasteiger partial charge in [0, 0.05) is 49.1 Å². The average Bonchev–Trinajstić information content (AvgIpc) is 3.07. The molecule has 8 nitrogen and oxygen atoms in total. The minimum Gasteiger partial charge on any atom is -0.497 e. The number of carbonyl (C=O) groups is 1. The molecule has 0 saturated carbocycles. The second-order valence-electron chi connectivity index (χ2n) is 6.70. The molecule has 1 heterocycles. The normalized spacial score (nSPS) is 16.2. The Bertz CT molecular complexity index is 892. The Balaban J connectivity index is 1.84. The lowest BCUT2D eigenvalue weighted by atomic mass is 10.1. The van der Waals surface area contributed by atoms with Crippen LogP contribution in [-0.2, 0) is 4.79 Å². The molecule has 1 aliphatic heterocycles. The van der Waals surface area contributed by atoms with E-state index in [4.69, 9.17) is 9.47 Å². The van der Waals surface area contributed by atoms with Crippen LogP contribution >= 0.6 is 0 Å². The maximum Gasteiger partial charge on any atom is 0.272 e. The molecule has 0 spiro atoms. The van der Waals surface area contributed by atoms with Gasteiger partial charge in [-0.3, -0.25) is 14.9 Å². The number of methoxy groups -OCH3 is 2. The lowest BCUT2D eigenvalue weighted by molar-refractivity contribution is -0.385. The largest absolute Gasteiger partial charge is 0.497 e. The number of amides is 1. The lowest BCUT2D eigenvalue weighted by Gasteiger charge is -2.26. The summed E-state index contributed by atoms with van der Waals surface area (Å²) in [5.41, 5.74) is 2.12. The molecule has 2 aromatic carbocycles. The zero-order chi connectivity index (χ0) is 20.4. The van der Waals surface area contributed by atoms with Crippen molar-refractivity contribution in [1.82, 2.24) is 0 Å². The molecule has 8 heteroatoms. The highest BCUT2D eigenvalue weighted by atomic mass is 16.6. The van der Waals surface area contributed by atoms with E-state index in [1.165, 1.54) is 6.07 Å². The van der Waals surface area contributed by atoms with Crippen LogP contribution in [0, 0.1) is 17.0 Å². The number of hydrogen-bond donors (Lipinski definition) is 0. The van der Waals surface area contributed by atoms with E-state index in [9.17, 15) is 14.9 Å². The summed E-state index contributed by atoms with van der Waals surface area (Å²) in [5.74, 6) is 1.20. The molecule has 0 bridgehead atoms. The van der Waals surface area contributed by atoms with Crippen molar-refractivity contribution in [3.05, 3.63) is 52.1 Å². The molecular formula is C20H23N3O5. The van der Waals surface area contributed by atoms with Crippen LogP contribution in [0.3, 0.4) is 0 Å². The summed E-state index contributed by atoms with van der Waals surface area (Å²) >= 11 is 0. The molecule has 1 unspecified atom stereocenters. The van der Waals surface area contributed by atoms with Crippen LogP contribution in [-0.4, -0.2) is 44.7 Å². The number of likely N-dealkylation sites (N-methyl/N-ethyl adjacent to an activating group) is 1. The summed E-state index contributed by atoms with van der Waals surface area (Å²) in [7, 11) is 4.97. The fourth-order valence-electron chi connectivity index (χ4n) is 3.47. The van der Waals surface area contributed by atoms with E-state index in [1.54, 1.807) is 56.4 Å². The van der Waals surface area contributed by atoms with Crippen molar-refractivity contribution in [2.24, 2.45) is 0 Å². The van der Waals surface area contributed by atoms with Crippen LogP contribution in [0.25, 0.3) is 0 Å². The number of hydrogen-bond acceptors (Lipinski definition) is 6. The molecule has 148 valence electrons. The molecule has 0 N–H and O–H groups in total. The Hall–Kier alpha value is -3.29. The molecule has 3 rings (SSSR count). The smallest absolute Gasteiger partial charge is 0.272 e. The number of nitrogens with zero attached hydrogens (tertiary/aromatic N) is 3. The Kier molecular flexibility index (Phi) is 5.39. The monoisotopic (exact) mass is 385 g/mol. The van der Waals surface area contributed by atoms with Gasteiger partial charge in [-0.2, -0.15) is 0 Å². The highest BCUT2D eigenvalue weighted by molar-refractivity contribution is 6.01. The number of benzene rings is 2. The zero-order valence-electron chi connectivity index (χ0n) is 16.3. The number of anilines is 2. The van der Waals surface area contributed by atoms with Crippen molar-refractivity contribution in [3.63, 3.8) is 0 Å². The average molecular weight is 385 g/mol. The fraction of sp³-hybridized carbons (Fsp3) is 0.350.